The second-order valence-corrected chi connectivity index (χ2v) is 9.76. The van der Waals surface area contributed by atoms with Crippen molar-refractivity contribution >= 4 is 14.1 Å². The zero-order chi connectivity index (χ0) is 11.8. The van der Waals surface area contributed by atoms with Gasteiger partial charge in [0.15, 0.2) is 0 Å². The maximum absolute atomic E-state index is 6.25. The van der Waals surface area contributed by atoms with E-state index in [9.17, 15) is 0 Å². The molecule has 0 N–H and O–H groups in total. The highest BCUT2D eigenvalue weighted by Crippen LogP contribution is 2.36. The summed E-state index contributed by atoms with van der Waals surface area (Å²) in [5, 5.41) is 0. The first-order chi connectivity index (χ1) is 7.51. The van der Waals surface area contributed by atoms with Gasteiger partial charge in [-0.3, -0.25) is 0 Å². The lowest BCUT2D eigenvalue weighted by Gasteiger charge is -2.22. The van der Waals surface area contributed by atoms with Crippen LogP contribution < -0.4 is 0 Å². The Balaban J connectivity index is 2.39. The minimum Gasteiger partial charge on any atom is -0.544 e. The van der Waals surface area contributed by atoms with Crippen molar-refractivity contribution in [1.82, 2.24) is 0 Å². The molecule has 1 aliphatic rings. The van der Waals surface area contributed by atoms with Crippen molar-refractivity contribution in [2.75, 3.05) is 0 Å². The predicted molar refractivity (Wildman–Crippen MR) is 71.8 cm³/mol. The van der Waals surface area contributed by atoms with E-state index in [1.807, 2.05) is 0 Å². The van der Waals surface area contributed by atoms with Gasteiger partial charge in [0.1, 0.15) is 5.76 Å². The molecule has 0 saturated heterocycles. The minimum absolute atomic E-state index is 1.08. The Bertz CT molecular complexity index is 427. The molecule has 0 radical (unpaired) electrons. The maximum atomic E-state index is 6.25. The van der Waals surface area contributed by atoms with Crippen molar-refractivity contribution in [2.24, 2.45) is 0 Å². The van der Waals surface area contributed by atoms with Crippen LogP contribution in [0.5, 0.6) is 0 Å². The van der Waals surface area contributed by atoms with Crippen molar-refractivity contribution in [3.63, 3.8) is 0 Å². The summed E-state index contributed by atoms with van der Waals surface area (Å²) in [7, 11) is -1.51. The number of rotatable bonds is 3. The van der Waals surface area contributed by atoms with Crippen LogP contribution in [-0.2, 0) is 10.8 Å². The smallest absolute Gasteiger partial charge is 0.242 e. The van der Waals surface area contributed by atoms with Gasteiger partial charge in [0.25, 0.3) is 0 Å². The molecule has 0 amide bonds. The van der Waals surface area contributed by atoms with Crippen LogP contribution >= 0.6 is 0 Å². The molecule has 16 heavy (non-hydrogen) atoms. The van der Waals surface area contributed by atoms with E-state index >= 15 is 0 Å². The SMILES string of the molecule is CCC1=C(O[Si](C)(C)C)c2ccccc2C1. The zero-order valence-electron chi connectivity index (χ0n) is 10.6. The fourth-order valence-corrected chi connectivity index (χ4v) is 2.98. The summed E-state index contributed by atoms with van der Waals surface area (Å²) in [6.45, 7) is 8.95. The Morgan fingerprint density at radius 3 is 2.50 bits per heavy atom. The highest BCUT2D eigenvalue weighted by Gasteiger charge is 2.26. The van der Waals surface area contributed by atoms with Gasteiger partial charge in [-0.05, 0) is 43.6 Å². The van der Waals surface area contributed by atoms with Crippen LogP contribution in [0.2, 0.25) is 19.6 Å². The topological polar surface area (TPSA) is 9.23 Å². The second-order valence-electron chi connectivity index (χ2n) is 5.33. The average molecular weight is 232 g/mol. The molecule has 86 valence electrons. The second kappa shape index (κ2) is 4.09. The van der Waals surface area contributed by atoms with Crippen LogP contribution in [0.15, 0.2) is 29.8 Å². The Labute approximate surface area is 99.3 Å². The summed E-state index contributed by atoms with van der Waals surface area (Å²) in [4.78, 5) is 0. The zero-order valence-corrected chi connectivity index (χ0v) is 11.6. The first kappa shape index (κ1) is 11.5. The summed E-state index contributed by atoms with van der Waals surface area (Å²) in [6, 6.07) is 8.62. The molecular weight excluding hydrogens is 212 g/mol. The normalized spacial score (nSPS) is 15.2. The average Bonchev–Trinajstić information content (AvgIpc) is 2.55. The monoisotopic (exact) mass is 232 g/mol. The molecule has 1 aliphatic carbocycles. The molecule has 0 unspecified atom stereocenters. The van der Waals surface area contributed by atoms with Crippen molar-refractivity contribution in [1.29, 1.82) is 0 Å². The molecule has 1 aromatic carbocycles. The number of fused-ring (bicyclic) bond motifs is 1. The van der Waals surface area contributed by atoms with Crippen LogP contribution in [0, 0.1) is 0 Å². The highest BCUT2D eigenvalue weighted by molar-refractivity contribution is 6.70. The summed E-state index contributed by atoms with van der Waals surface area (Å²) in [5.41, 5.74) is 4.21. The van der Waals surface area contributed by atoms with Crippen LogP contribution in [0.4, 0.5) is 0 Å². The maximum Gasteiger partial charge on any atom is 0.242 e. The highest BCUT2D eigenvalue weighted by atomic mass is 28.4. The van der Waals surface area contributed by atoms with E-state index in [0.717, 1.165) is 12.8 Å². The fourth-order valence-electron chi connectivity index (χ4n) is 2.12. The molecule has 0 aromatic heterocycles. The van der Waals surface area contributed by atoms with E-state index in [0.29, 0.717) is 0 Å². The number of benzene rings is 1. The Kier molecular flexibility index (Phi) is 2.93. The predicted octanol–water partition coefficient (Wildman–Crippen LogP) is 4.22. The molecule has 0 aliphatic heterocycles. The van der Waals surface area contributed by atoms with Crippen molar-refractivity contribution < 1.29 is 4.43 Å². The van der Waals surface area contributed by atoms with E-state index in [1.54, 1.807) is 0 Å². The van der Waals surface area contributed by atoms with Crippen LogP contribution in [-0.4, -0.2) is 8.32 Å². The van der Waals surface area contributed by atoms with Gasteiger partial charge in [-0.2, -0.15) is 0 Å². The standard InChI is InChI=1S/C14H20OSi/c1-5-11-10-12-8-6-7-9-13(12)14(11)15-16(2,3)4/h6-9H,5,10H2,1-4H3. The quantitative estimate of drug-likeness (QED) is 0.709. The third-order valence-electron chi connectivity index (χ3n) is 2.82. The molecule has 0 heterocycles. The molecule has 1 nitrogen and oxygen atoms in total. The molecule has 0 atom stereocenters. The van der Waals surface area contributed by atoms with Crippen molar-refractivity contribution in [3.8, 4) is 0 Å². The van der Waals surface area contributed by atoms with Crippen molar-refractivity contribution in [3.05, 3.63) is 41.0 Å². The van der Waals surface area contributed by atoms with E-state index in [1.165, 1.54) is 22.5 Å². The lowest BCUT2D eigenvalue weighted by molar-refractivity contribution is 0.510. The largest absolute Gasteiger partial charge is 0.544 e. The Morgan fingerprint density at radius 2 is 1.88 bits per heavy atom. The molecule has 2 rings (SSSR count). The van der Waals surface area contributed by atoms with E-state index in [2.05, 4.69) is 50.8 Å². The molecule has 0 fully saturated rings. The van der Waals surface area contributed by atoms with Crippen molar-refractivity contribution in [2.45, 2.75) is 39.4 Å². The first-order valence-corrected chi connectivity index (χ1v) is 9.41. The van der Waals surface area contributed by atoms with Gasteiger partial charge in [0.05, 0.1) is 0 Å². The minimum atomic E-state index is -1.51. The summed E-state index contributed by atoms with van der Waals surface area (Å²) in [5.74, 6) is 1.18. The third-order valence-corrected chi connectivity index (χ3v) is 3.64. The Hall–Kier alpha value is -1.02. The number of hydrogen-bond acceptors (Lipinski definition) is 1. The third kappa shape index (κ3) is 2.22. The summed E-state index contributed by atoms with van der Waals surface area (Å²) >= 11 is 0. The van der Waals surface area contributed by atoms with Gasteiger partial charge in [0.2, 0.25) is 8.32 Å². The lowest BCUT2D eigenvalue weighted by atomic mass is 10.1. The molecular formula is C14H20OSi. The number of allylic oxidation sites excluding steroid dienone is 1. The number of hydrogen-bond donors (Lipinski definition) is 0. The molecule has 0 saturated carbocycles. The van der Waals surface area contributed by atoms with Gasteiger partial charge >= 0.3 is 0 Å². The van der Waals surface area contributed by atoms with Crippen LogP contribution in [0.25, 0.3) is 5.76 Å². The van der Waals surface area contributed by atoms with Gasteiger partial charge < -0.3 is 4.43 Å². The molecule has 2 heteroatoms. The fraction of sp³-hybridized carbons (Fsp3) is 0.429. The van der Waals surface area contributed by atoms with E-state index < -0.39 is 8.32 Å². The Morgan fingerprint density at radius 1 is 1.19 bits per heavy atom. The van der Waals surface area contributed by atoms with E-state index in [4.69, 9.17) is 4.43 Å². The van der Waals surface area contributed by atoms with Crippen LogP contribution in [0.3, 0.4) is 0 Å². The lowest BCUT2D eigenvalue weighted by Crippen LogP contribution is -2.24. The van der Waals surface area contributed by atoms with Crippen LogP contribution in [0.1, 0.15) is 24.5 Å². The molecule has 1 aromatic rings. The van der Waals surface area contributed by atoms with Gasteiger partial charge in [0, 0.05) is 5.56 Å². The van der Waals surface area contributed by atoms with Gasteiger partial charge in [-0.25, -0.2) is 0 Å². The van der Waals surface area contributed by atoms with Gasteiger partial charge in [-0.1, -0.05) is 31.2 Å². The summed E-state index contributed by atoms with van der Waals surface area (Å²) in [6.07, 6.45) is 2.17. The molecule has 0 spiro atoms. The first-order valence-electron chi connectivity index (χ1n) is 6.00. The van der Waals surface area contributed by atoms with Gasteiger partial charge in [-0.15, -0.1) is 0 Å². The summed E-state index contributed by atoms with van der Waals surface area (Å²) < 4.78 is 6.25. The van der Waals surface area contributed by atoms with E-state index in [-0.39, 0.29) is 0 Å². The molecule has 0 bridgehead atoms.